The van der Waals surface area contributed by atoms with Gasteiger partial charge in [0.15, 0.2) is 11.6 Å². The number of allylic oxidation sites excluding steroid dienone is 1. The lowest BCUT2D eigenvalue weighted by Crippen LogP contribution is -2.45. The normalized spacial score (nSPS) is 18.2. The predicted octanol–water partition coefficient (Wildman–Crippen LogP) is 3.28. The lowest BCUT2D eigenvalue weighted by molar-refractivity contribution is 0.310. The van der Waals surface area contributed by atoms with Crippen molar-refractivity contribution in [1.29, 1.82) is 0 Å². The van der Waals surface area contributed by atoms with Crippen LogP contribution >= 0.6 is 0 Å². The fraction of sp³-hybridized carbons (Fsp3) is 0.391. The van der Waals surface area contributed by atoms with Crippen LogP contribution in [0, 0.1) is 5.82 Å². The van der Waals surface area contributed by atoms with Gasteiger partial charge in [-0.3, -0.25) is 4.99 Å². The van der Waals surface area contributed by atoms with Crippen LogP contribution in [0.5, 0.6) is 11.8 Å². The van der Waals surface area contributed by atoms with Gasteiger partial charge in [-0.15, -0.1) is 0 Å². The number of nitrogens with one attached hydrogen (secondary N) is 1. The average molecular weight is 436 g/mol. The van der Waals surface area contributed by atoms with Gasteiger partial charge < -0.3 is 19.9 Å². The number of anilines is 2. The second kappa shape index (κ2) is 8.31. The van der Waals surface area contributed by atoms with Gasteiger partial charge in [-0.2, -0.15) is 15.0 Å². The second-order valence-electron chi connectivity index (χ2n) is 8.57. The Balaban J connectivity index is 1.46. The maximum atomic E-state index is 15.1. The zero-order valence-electron chi connectivity index (χ0n) is 18.5. The first-order valence-electron chi connectivity index (χ1n) is 10.8. The molecular weight excluding hydrogens is 409 g/mol. The second-order valence-corrected chi connectivity index (χ2v) is 8.57. The van der Waals surface area contributed by atoms with E-state index in [1.54, 1.807) is 6.07 Å². The van der Waals surface area contributed by atoms with Gasteiger partial charge in [0.25, 0.3) is 0 Å². The number of rotatable bonds is 4. The van der Waals surface area contributed by atoms with E-state index in [1.807, 2.05) is 32.1 Å². The molecule has 3 heterocycles. The molecule has 32 heavy (non-hydrogen) atoms. The Morgan fingerprint density at radius 1 is 1.00 bits per heavy atom. The number of piperazine rings is 1. The van der Waals surface area contributed by atoms with Gasteiger partial charge in [-0.05, 0) is 50.6 Å². The Labute approximate surface area is 186 Å². The molecule has 0 atom stereocenters. The molecule has 0 amide bonds. The van der Waals surface area contributed by atoms with Gasteiger partial charge in [0.05, 0.1) is 6.54 Å². The molecule has 0 radical (unpaired) electrons. The van der Waals surface area contributed by atoms with Crippen LogP contribution in [-0.2, 0) is 6.42 Å². The van der Waals surface area contributed by atoms with Gasteiger partial charge >= 0.3 is 6.01 Å². The van der Waals surface area contributed by atoms with Crippen LogP contribution in [-0.4, -0.2) is 65.5 Å². The number of ether oxygens (including phenoxy) is 1. The molecule has 1 saturated heterocycles. The van der Waals surface area contributed by atoms with E-state index in [-0.39, 0.29) is 11.8 Å². The largest absolute Gasteiger partial charge is 0.421 e. The number of hydrogen-bond donors (Lipinski definition) is 1. The highest BCUT2D eigenvalue weighted by molar-refractivity contribution is 6.04. The molecule has 1 N–H and O–H groups in total. The van der Waals surface area contributed by atoms with Crippen molar-refractivity contribution in [2.24, 2.45) is 4.99 Å². The molecule has 3 aliphatic rings. The first-order valence-corrected chi connectivity index (χ1v) is 10.8. The van der Waals surface area contributed by atoms with Gasteiger partial charge in [0.1, 0.15) is 5.84 Å². The van der Waals surface area contributed by atoms with Crippen molar-refractivity contribution < 1.29 is 9.13 Å². The lowest BCUT2D eigenvalue weighted by Gasteiger charge is -2.32. The van der Waals surface area contributed by atoms with E-state index in [0.717, 1.165) is 49.3 Å². The van der Waals surface area contributed by atoms with Gasteiger partial charge in [0, 0.05) is 31.7 Å². The smallest absolute Gasteiger partial charge is 0.328 e. The molecule has 1 aliphatic carbocycles. The summed E-state index contributed by atoms with van der Waals surface area (Å²) in [5.41, 5.74) is 3.82. The van der Waals surface area contributed by atoms with Crippen molar-refractivity contribution >= 4 is 23.8 Å². The van der Waals surface area contributed by atoms with E-state index in [0.29, 0.717) is 29.8 Å². The van der Waals surface area contributed by atoms with E-state index in [2.05, 4.69) is 42.1 Å². The van der Waals surface area contributed by atoms with Crippen LogP contribution in [0.1, 0.15) is 25.0 Å². The van der Waals surface area contributed by atoms with Crippen molar-refractivity contribution in [1.82, 2.24) is 19.9 Å². The molecule has 0 spiro atoms. The average Bonchev–Trinajstić information content (AvgIpc) is 3.35. The molecule has 166 valence electrons. The number of likely N-dealkylation sites (N-methyl/N-ethyl adjacent to an activating group) is 1. The summed E-state index contributed by atoms with van der Waals surface area (Å²) in [6.45, 7) is 8.05. The summed E-state index contributed by atoms with van der Waals surface area (Å²) >= 11 is 0. The summed E-state index contributed by atoms with van der Waals surface area (Å²) in [5.74, 6) is 1.22. The molecule has 8 nitrogen and oxygen atoms in total. The fourth-order valence-electron chi connectivity index (χ4n) is 4.02. The summed E-state index contributed by atoms with van der Waals surface area (Å²) < 4.78 is 21.0. The molecule has 1 aromatic carbocycles. The van der Waals surface area contributed by atoms with Crippen LogP contribution in [0.4, 0.5) is 16.3 Å². The summed E-state index contributed by atoms with van der Waals surface area (Å²) in [4.78, 5) is 22.2. The van der Waals surface area contributed by atoms with E-state index in [9.17, 15) is 0 Å². The van der Waals surface area contributed by atoms with Crippen molar-refractivity contribution in [2.45, 2.75) is 20.3 Å². The molecule has 0 unspecified atom stereocenters. The molecule has 1 aromatic heterocycles. The van der Waals surface area contributed by atoms with Crippen molar-refractivity contribution in [2.75, 3.05) is 50.0 Å². The number of aliphatic imine (C=N–C) groups is 1. The molecule has 1 fully saturated rings. The summed E-state index contributed by atoms with van der Waals surface area (Å²) in [7, 11) is 2.09. The number of hydrogen-bond acceptors (Lipinski definition) is 8. The van der Waals surface area contributed by atoms with E-state index < -0.39 is 5.82 Å². The highest BCUT2D eigenvalue weighted by atomic mass is 19.1. The topological polar surface area (TPSA) is 78.8 Å². The van der Waals surface area contributed by atoms with Crippen LogP contribution in [0.15, 0.2) is 34.3 Å². The van der Waals surface area contributed by atoms with Crippen LogP contribution in [0.2, 0.25) is 0 Å². The zero-order valence-corrected chi connectivity index (χ0v) is 18.5. The first-order chi connectivity index (χ1) is 15.4. The third-order valence-electron chi connectivity index (χ3n) is 5.81. The van der Waals surface area contributed by atoms with Crippen LogP contribution in [0.3, 0.4) is 0 Å². The monoisotopic (exact) mass is 435 g/mol. The van der Waals surface area contributed by atoms with Gasteiger partial charge in [-0.25, -0.2) is 4.39 Å². The van der Waals surface area contributed by atoms with E-state index in [1.165, 1.54) is 0 Å². The fourth-order valence-corrected chi connectivity index (χ4v) is 4.02. The zero-order chi connectivity index (χ0) is 22.2. The number of halogens is 1. The van der Waals surface area contributed by atoms with Crippen molar-refractivity contribution in [3.8, 4) is 11.8 Å². The highest BCUT2D eigenvalue weighted by Crippen LogP contribution is 2.34. The standard InChI is InChI=1S/C23H26FN7O/c1-14-10-16-4-5-18(20(24)17(16)11-14)32-23-28-21(26-19-12-15(2)13-25-19)27-22(29-23)31-8-6-30(3)7-9-31/h4-5,11-12H,6-10,13H2,1-3H3,(H,25,26,27,28,29). The predicted molar refractivity (Wildman–Crippen MR) is 123 cm³/mol. The van der Waals surface area contributed by atoms with Crippen LogP contribution in [0.25, 0.3) is 6.08 Å². The first kappa shape index (κ1) is 20.6. The maximum absolute atomic E-state index is 15.1. The van der Waals surface area contributed by atoms with Gasteiger partial charge in [0.2, 0.25) is 11.9 Å². The molecular formula is C23H26FN7O. The minimum Gasteiger partial charge on any atom is -0.421 e. The van der Waals surface area contributed by atoms with Crippen molar-refractivity contribution in [3.05, 3.63) is 46.3 Å². The maximum Gasteiger partial charge on any atom is 0.328 e. The number of amidine groups is 1. The third-order valence-corrected chi connectivity index (χ3v) is 5.81. The number of benzene rings is 1. The summed E-state index contributed by atoms with van der Waals surface area (Å²) in [6.07, 6.45) is 4.57. The molecule has 0 saturated carbocycles. The number of fused-ring (bicyclic) bond motifs is 1. The summed E-state index contributed by atoms with van der Waals surface area (Å²) in [5, 5.41) is 3.14. The Bertz CT molecular complexity index is 1150. The Hall–Kier alpha value is -3.33. The van der Waals surface area contributed by atoms with E-state index in [4.69, 9.17) is 4.74 Å². The van der Waals surface area contributed by atoms with Crippen LogP contribution < -0.4 is 15.0 Å². The Morgan fingerprint density at radius 2 is 1.81 bits per heavy atom. The minimum atomic E-state index is -0.394. The summed E-state index contributed by atoms with van der Waals surface area (Å²) in [6, 6.07) is 3.58. The highest BCUT2D eigenvalue weighted by Gasteiger charge is 2.22. The third kappa shape index (κ3) is 4.20. The van der Waals surface area contributed by atoms with Gasteiger partial charge in [-0.1, -0.05) is 17.7 Å². The SMILES string of the molecule is CC1=CC(Nc2nc(Oc3ccc4c(c3F)C=C(C)C4)nc(N3CCN(C)CC3)n2)=NC1. The molecule has 9 heteroatoms. The molecule has 0 bridgehead atoms. The minimum absolute atomic E-state index is 0.0493. The number of aromatic nitrogens is 3. The van der Waals surface area contributed by atoms with Crippen molar-refractivity contribution in [3.63, 3.8) is 0 Å². The lowest BCUT2D eigenvalue weighted by atomic mass is 10.1. The van der Waals surface area contributed by atoms with E-state index >= 15 is 4.39 Å². The quantitative estimate of drug-likeness (QED) is 0.790. The number of nitrogens with zero attached hydrogens (tertiary/aromatic N) is 6. The molecule has 2 aromatic rings. The Morgan fingerprint density at radius 3 is 2.56 bits per heavy atom. The molecule has 2 aliphatic heterocycles. The Kier molecular flexibility index (Phi) is 5.34. The molecule has 5 rings (SSSR count).